The minimum Gasteiger partial charge on any atom is -0.494 e. The highest BCUT2D eigenvalue weighted by Crippen LogP contribution is 2.17. The highest BCUT2D eigenvalue weighted by molar-refractivity contribution is 5.96. The monoisotopic (exact) mass is 413 g/mol. The average Bonchev–Trinajstić information content (AvgIpc) is 2.76. The molecule has 2 rings (SSSR count). The largest absolute Gasteiger partial charge is 0.494 e. The first-order valence-electron chi connectivity index (χ1n) is 9.82. The van der Waals surface area contributed by atoms with Gasteiger partial charge >= 0.3 is 0 Å². The first kappa shape index (κ1) is 22.7. The predicted molar refractivity (Wildman–Crippen MR) is 114 cm³/mol. The molecule has 3 amide bonds. The SMILES string of the molecule is CCOc1ccc(OCC(=O)Nc2ccc(C(=O)NCCNC(=O)CC)cc2)cc1. The number of carbonyl (C=O) groups is 3. The van der Waals surface area contributed by atoms with Gasteiger partial charge < -0.3 is 25.4 Å². The van der Waals surface area contributed by atoms with Crippen LogP contribution in [0.1, 0.15) is 30.6 Å². The third kappa shape index (κ3) is 7.83. The Balaban J connectivity index is 1.74. The first-order valence-corrected chi connectivity index (χ1v) is 9.82. The van der Waals surface area contributed by atoms with E-state index in [1.807, 2.05) is 6.92 Å². The number of carbonyl (C=O) groups excluding carboxylic acids is 3. The number of hydrogen-bond donors (Lipinski definition) is 3. The van der Waals surface area contributed by atoms with Crippen molar-refractivity contribution in [3.05, 3.63) is 54.1 Å². The van der Waals surface area contributed by atoms with Gasteiger partial charge in [0.1, 0.15) is 11.5 Å². The Morgan fingerprint density at radius 2 is 1.37 bits per heavy atom. The third-order valence-electron chi connectivity index (χ3n) is 3.99. The minimum atomic E-state index is -0.312. The van der Waals surface area contributed by atoms with Crippen LogP contribution >= 0.6 is 0 Å². The van der Waals surface area contributed by atoms with Gasteiger partial charge in [-0.2, -0.15) is 0 Å². The number of amides is 3. The molecule has 0 spiro atoms. The molecule has 0 heterocycles. The standard InChI is InChI=1S/C22H27N3O5/c1-3-20(26)23-13-14-24-22(28)16-5-7-17(8-6-16)25-21(27)15-30-19-11-9-18(10-12-19)29-4-2/h5-12H,3-4,13-15H2,1-2H3,(H,23,26)(H,24,28)(H,25,27). The van der Waals surface area contributed by atoms with Gasteiger partial charge in [0.25, 0.3) is 11.8 Å². The summed E-state index contributed by atoms with van der Waals surface area (Å²) >= 11 is 0. The van der Waals surface area contributed by atoms with Crippen LogP contribution in [-0.2, 0) is 9.59 Å². The molecular formula is C22H27N3O5. The van der Waals surface area contributed by atoms with E-state index in [9.17, 15) is 14.4 Å². The molecule has 0 aromatic heterocycles. The molecule has 0 aliphatic heterocycles. The average molecular weight is 413 g/mol. The lowest BCUT2D eigenvalue weighted by Crippen LogP contribution is -2.34. The molecular weight excluding hydrogens is 386 g/mol. The Morgan fingerprint density at radius 1 is 0.767 bits per heavy atom. The van der Waals surface area contributed by atoms with Gasteiger partial charge in [0.2, 0.25) is 5.91 Å². The van der Waals surface area contributed by atoms with Gasteiger partial charge in [0, 0.05) is 30.8 Å². The maximum atomic E-state index is 12.1. The number of hydrogen-bond acceptors (Lipinski definition) is 5. The fourth-order valence-corrected chi connectivity index (χ4v) is 2.45. The summed E-state index contributed by atoms with van der Waals surface area (Å²) in [4.78, 5) is 35.3. The molecule has 8 heteroatoms. The van der Waals surface area contributed by atoms with E-state index in [4.69, 9.17) is 9.47 Å². The zero-order valence-corrected chi connectivity index (χ0v) is 17.2. The summed E-state index contributed by atoms with van der Waals surface area (Å²) < 4.78 is 10.8. The summed E-state index contributed by atoms with van der Waals surface area (Å²) in [5, 5.41) is 8.12. The van der Waals surface area contributed by atoms with Crippen molar-refractivity contribution in [1.82, 2.24) is 10.6 Å². The van der Waals surface area contributed by atoms with Gasteiger partial charge in [-0.25, -0.2) is 0 Å². The highest BCUT2D eigenvalue weighted by Gasteiger charge is 2.07. The van der Waals surface area contributed by atoms with E-state index in [1.165, 1.54) is 0 Å². The molecule has 160 valence electrons. The van der Waals surface area contributed by atoms with Crippen LogP contribution in [0.3, 0.4) is 0 Å². The molecule has 0 aliphatic carbocycles. The molecule has 2 aromatic rings. The molecule has 0 unspecified atom stereocenters. The van der Waals surface area contributed by atoms with Gasteiger partial charge in [-0.1, -0.05) is 6.92 Å². The fraction of sp³-hybridized carbons (Fsp3) is 0.318. The Morgan fingerprint density at radius 3 is 1.97 bits per heavy atom. The molecule has 0 radical (unpaired) electrons. The second-order valence-corrected chi connectivity index (χ2v) is 6.28. The Labute approximate surface area is 175 Å². The van der Waals surface area contributed by atoms with Crippen molar-refractivity contribution in [2.45, 2.75) is 20.3 Å². The van der Waals surface area contributed by atoms with Gasteiger partial charge in [-0.15, -0.1) is 0 Å². The van der Waals surface area contributed by atoms with Crippen LogP contribution in [0.25, 0.3) is 0 Å². The molecule has 0 saturated carbocycles. The molecule has 8 nitrogen and oxygen atoms in total. The lowest BCUT2D eigenvalue weighted by molar-refractivity contribution is -0.120. The normalized spacial score (nSPS) is 10.1. The third-order valence-corrected chi connectivity index (χ3v) is 3.99. The Hall–Kier alpha value is -3.55. The number of nitrogens with one attached hydrogen (secondary N) is 3. The molecule has 0 bridgehead atoms. The summed E-state index contributed by atoms with van der Waals surface area (Å²) in [5.41, 5.74) is 1.02. The van der Waals surface area contributed by atoms with Gasteiger partial charge in [-0.3, -0.25) is 14.4 Å². The van der Waals surface area contributed by atoms with Crippen molar-refractivity contribution in [2.75, 3.05) is 31.6 Å². The van der Waals surface area contributed by atoms with E-state index >= 15 is 0 Å². The molecule has 3 N–H and O–H groups in total. The lowest BCUT2D eigenvalue weighted by atomic mass is 10.2. The first-order chi connectivity index (χ1) is 14.5. The van der Waals surface area contributed by atoms with Gasteiger partial charge in [-0.05, 0) is 55.5 Å². The zero-order valence-electron chi connectivity index (χ0n) is 17.2. The van der Waals surface area contributed by atoms with Crippen molar-refractivity contribution >= 4 is 23.4 Å². The summed E-state index contributed by atoms with van der Waals surface area (Å²) in [6.07, 6.45) is 0.409. The smallest absolute Gasteiger partial charge is 0.262 e. The summed E-state index contributed by atoms with van der Waals surface area (Å²) in [7, 11) is 0. The van der Waals surface area contributed by atoms with E-state index < -0.39 is 0 Å². The van der Waals surface area contributed by atoms with E-state index in [2.05, 4.69) is 16.0 Å². The van der Waals surface area contributed by atoms with Gasteiger partial charge in [0.15, 0.2) is 6.61 Å². The quantitative estimate of drug-likeness (QED) is 0.491. The lowest BCUT2D eigenvalue weighted by Gasteiger charge is -2.09. The van der Waals surface area contributed by atoms with E-state index in [0.29, 0.717) is 43.1 Å². The number of anilines is 1. The van der Waals surface area contributed by atoms with Crippen LogP contribution in [0, 0.1) is 0 Å². The van der Waals surface area contributed by atoms with Crippen LogP contribution in [0.5, 0.6) is 11.5 Å². The van der Waals surface area contributed by atoms with Crippen LogP contribution in [0.2, 0.25) is 0 Å². The van der Waals surface area contributed by atoms with Crippen LogP contribution < -0.4 is 25.4 Å². The Kier molecular flexibility index (Phi) is 9.18. The van der Waals surface area contributed by atoms with Crippen molar-refractivity contribution in [3.63, 3.8) is 0 Å². The predicted octanol–water partition coefficient (Wildman–Crippen LogP) is 2.36. The minimum absolute atomic E-state index is 0.0594. The zero-order chi connectivity index (χ0) is 21.8. The van der Waals surface area contributed by atoms with Crippen molar-refractivity contribution in [2.24, 2.45) is 0 Å². The second-order valence-electron chi connectivity index (χ2n) is 6.28. The number of rotatable bonds is 11. The summed E-state index contributed by atoms with van der Waals surface area (Å²) in [5.74, 6) is 0.681. The van der Waals surface area contributed by atoms with Crippen LogP contribution in [0.15, 0.2) is 48.5 Å². The maximum Gasteiger partial charge on any atom is 0.262 e. The summed E-state index contributed by atoms with van der Waals surface area (Å²) in [6, 6.07) is 13.5. The summed E-state index contributed by atoms with van der Waals surface area (Å²) in [6.45, 7) is 4.83. The van der Waals surface area contributed by atoms with Crippen LogP contribution in [0.4, 0.5) is 5.69 Å². The van der Waals surface area contributed by atoms with Crippen molar-refractivity contribution in [1.29, 1.82) is 0 Å². The Bertz CT molecular complexity index is 835. The molecule has 0 atom stereocenters. The molecule has 30 heavy (non-hydrogen) atoms. The molecule has 0 saturated heterocycles. The molecule has 0 fully saturated rings. The van der Waals surface area contributed by atoms with E-state index in [1.54, 1.807) is 55.5 Å². The van der Waals surface area contributed by atoms with Crippen molar-refractivity contribution < 1.29 is 23.9 Å². The second kappa shape index (κ2) is 12.1. The van der Waals surface area contributed by atoms with Crippen molar-refractivity contribution in [3.8, 4) is 11.5 Å². The van der Waals surface area contributed by atoms with E-state index in [0.717, 1.165) is 5.75 Å². The molecule has 0 aliphatic rings. The highest BCUT2D eigenvalue weighted by atomic mass is 16.5. The van der Waals surface area contributed by atoms with Crippen LogP contribution in [-0.4, -0.2) is 44.0 Å². The topological polar surface area (TPSA) is 106 Å². The van der Waals surface area contributed by atoms with Gasteiger partial charge in [0.05, 0.1) is 6.61 Å². The molecule has 2 aromatic carbocycles. The number of benzene rings is 2. The maximum absolute atomic E-state index is 12.1. The number of ether oxygens (including phenoxy) is 2. The van der Waals surface area contributed by atoms with E-state index in [-0.39, 0.29) is 24.3 Å². The fourth-order valence-electron chi connectivity index (χ4n) is 2.45.